The van der Waals surface area contributed by atoms with Crippen molar-refractivity contribution in [3.8, 4) is 11.5 Å². The predicted molar refractivity (Wildman–Crippen MR) is 81.2 cm³/mol. The van der Waals surface area contributed by atoms with Crippen LogP contribution in [0.15, 0.2) is 40.9 Å². The lowest BCUT2D eigenvalue weighted by atomic mass is 10.2. The molecular formula is C15H14BrClO2. The van der Waals surface area contributed by atoms with Crippen molar-refractivity contribution in [2.24, 2.45) is 0 Å². The van der Waals surface area contributed by atoms with E-state index in [1.165, 1.54) is 0 Å². The van der Waals surface area contributed by atoms with Crippen LogP contribution < -0.4 is 9.47 Å². The van der Waals surface area contributed by atoms with Crippen LogP contribution in [0.2, 0.25) is 5.02 Å². The summed E-state index contributed by atoms with van der Waals surface area (Å²) in [5, 5.41) is 0.750. The summed E-state index contributed by atoms with van der Waals surface area (Å²) >= 11 is 9.43. The molecule has 0 saturated heterocycles. The molecule has 0 fully saturated rings. The summed E-state index contributed by atoms with van der Waals surface area (Å²) in [6.45, 7) is 2.46. The first-order chi connectivity index (χ1) is 9.10. The van der Waals surface area contributed by atoms with Crippen LogP contribution >= 0.6 is 27.5 Å². The molecule has 0 amide bonds. The molecule has 0 aliphatic rings. The van der Waals surface area contributed by atoms with Gasteiger partial charge in [0.25, 0.3) is 0 Å². The van der Waals surface area contributed by atoms with Gasteiger partial charge in [-0.05, 0) is 64.3 Å². The Kier molecular flexibility index (Phi) is 4.72. The zero-order valence-corrected chi connectivity index (χ0v) is 13.1. The minimum absolute atomic E-state index is 0.504. The lowest BCUT2D eigenvalue weighted by molar-refractivity contribution is 0.305. The summed E-state index contributed by atoms with van der Waals surface area (Å²) in [5.74, 6) is 1.62. The Hall–Kier alpha value is -1.19. The normalized spacial score (nSPS) is 10.3. The van der Waals surface area contributed by atoms with Gasteiger partial charge >= 0.3 is 0 Å². The predicted octanol–water partition coefficient (Wildman–Crippen LogP) is 5.00. The van der Waals surface area contributed by atoms with Crippen LogP contribution in [0.5, 0.6) is 11.5 Å². The van der Waals surface area contributed by atoms with Crippen molar-refractivity contribution < 1.29 is 9.47 Å². The Morgan fingerprint density at radius 3 is 2.58 bits per heavy atom. The fraction of sp³-hybridized carbons (Fsp3) is 0.200. The highest BCUT2D eigenvalue weighted by Crippen LogP contribution is 2.26. The van der Waals surface area contributed by atoms with Gasteiger partial charge in [-0.3, -0.25) is 0 Å². The van der Waals surface area contributed by atoms with Crippen molar-refractivity contribution in [2.45, 2.75) is 13.5 Å². The van der Waals surface area contributed by atoms with Crippen molar-refractivity contribution in [3.05, 3.63) is 57.0 Å². The van der Waals surface area contributed by atoms with Crippen LogP contribution in [0.4, 0.5) is 0 Å². The maximum absolute atomic E-state index is 5.98. The molecule has 0 N–H and O–H groups in total. The van der Waals surface area contributed by atoms with Gasteiger partial charge in [0, 0.05) is 5.02 Å². The summed E-state index contributed by atoms with van der Waals surface area (Å²) < 4.78 is 11.8. The summed E-state index contributed by atoms with van der Waals surface area (Å²) in [4.78, 5) is 0. The zero-order chi connectivity index (χ0) is 13.8. The second-order valence-corrected chi connectivity index (χ2v) is 5.43. The topological polar surface area (TPSA) is 18.5 Å². The third-order valence-corrected chi connectivity index (χ3v) is 3.79. The van der Waals surface area contributed by atoms with Crippen molar-refractivity contribution in [2.75, 3.05) is 7.11 Å². The Bertz CT molecular complexity index is 584. The van der Waals surface area contributed by atoms with E-state index in [2.05, 4.69) is 15.9 Å². The summed E-state index contributed by atoms with van der Waals surface area (Å²) in [6.07, 6.45) is 0. The monoisotopic (exact) mass is 340 g/mol. The number of aryl methyl sites for hydroxylation is 1. The molecule has 0 bridgehead atoms. The van der Waals surface area contributed by atoms with Crippen molar-refractivity contribution in [3.63, 3.8) is 0 Å². The van der Waals surface area contributed by atoms with Gasteiger partial charge < -0.3 is 9.47 Å². The van der Waals surface area contributed by atoms with Gasteiger partial charge in [0.05, 0.1) is 11.6 Å². The SMILES string of the molecule is COc1ccc(COc2ccc(Cl)c(C)c2)cc1Br. The highest BCUT2D eigenvalue weighted by molar-refractivity contribution is 9.10. The van der Waals surface area contributed by atoms with E-state index in [1.54, 1.807) is 7.11 Å². The summed E-state index contributed by atoms with van der Waals surface area (Å²) in [5.41, 5.74) is 2.08. The molecule has 0 spiro atoms. The number of hydrogen-bond donors (Lipinski definition) is 0. The van der Waals surface area contributed by atoms with Gasteiger partial charge in [0.2, 0.25) is 0 Å². The van der Waals surface area contributed by atoms with Crippen LogP contribution in [0.25, 0.3) is 0 Å². The fourth-order valence-electron chi connectivity index (χ4n) is 1.67. The van der Waals surface area contributed by atoms with Gasteiger partial charge in [-0.25, -0.2) is 0 Å². The van der Waals surface area contributed by atoms with Crippen LogP contribution in [-0.4, -0.2) is 7.11 Å². The third-order valence-electron chi connectivity index (χ3n) is 2.75. The Balaban J connectivity index is 2.05. The average Bonchev–Trinajstić information content (AvgIpc) is 2.40. The molecular weight excluding hydrogens is 328 g/mol. The number of rotatable bonds is 4. The maximum Gasteiger partial charge on any atom is 0.133 e. The highest BCUT2D eigenvalue weighted by Gasteiger charge is 2.03. The number of benzene rings is 2. The van der Waals surface area contributed by atoms with E-state index in [1.807, 2.05) is 43.3 Å². The molecule has 2 nitrogen and oxygen atoms in total. The minimum Gasteiger partial charge on any atom is -0.496 e. The lowest BCUT2D eigenvalue weighted by Crippen LogP contribution is -1.96. The average molecular weight is 342 g/mol. The number of halogens is 2. The zero-order valence-electron chi connectivity index (χ0n) is 10.7. The molecule has 2 aromatic rings. The second-order valence-electron chi connectivity index (χ2n) is 4.17. The van der Waals surface area contributed by atoms with E-state index in [-0.39, 0.29) is 0 Å². The smallest absolute Gasteiger partial charge is 0.133 e. The Labute approximate surface area is 126 Å². The third kappa shape index (κ3) is 3.64. The fourth-order valence-corrected chi connectivity index (χ4v) is 2.38. The van der Waals surface area contributed by atoms with Crippen molar-refractivity contribution in [1.82, 2.24) is 0 Å². The first-order valence-corrected chi connectivity index (χ1v) is 6.98. The molecule has 100 valence electrons. The first kappa shape index (κ1) is 14.2. The van der Waals surface area contributed by atoms with Crippen molar-refractivity contribution in [1.29, 1.82) is 0 Å². The van der Waals surface area contributed by atoms with Crippen molar-refractivity contribution >= 4 is 27.5 Å². The molecule has 0 aliphatic heterocycles. The standard InChI is InChI=1S/C15H14BrClO2/c1-10-7-12(4-5-14(10)17)19-9-11-3-6-15(18-2)13(16)8-11/h3-8H,9H2,1-2H3. The summed E-state index contributed by atoms with van der Waals surface area (Å²) in [6, 6.07) is 11.5. The van der Waals surface area contributed by atoms with E-state index in [0.29, 0.717) is 6.61 Å². The molecule has 4 heteroatoms. The van der Waals surface area contributed by atoms with E-state index in [4.69, 9.17) is 21.1 Å². The number of hydrogen-bond acceptors (Lipinski definition) is 2. The molecule has 19 heavy (non-hydrogen) atoms. The Morgan fingerprint density at radius 1 is 1.16 bits per heavy atom. The molecule has 0 saturated carbocycles. The molecule has 0 unspecified atom stereocenters. The Morgan fingerprint density at radius 2 is 1.95 bits per heavy atom. The largest absolute Gasteiger partial charge is 0.496 e. The maximum atomic E-state index is 5.98. The molecule has 2 rings (SSSR count). The molecule has 0 aromatic heterocycles. The van der Waals surface area contributed by atoms with E-state index in [0.717, 1.165) is 32.1 Å². The van der Waals surface area contributed by atoms with Crippen LogP contribution in [0, 0.1) is 6.92 Å². The van der Waals surface area contributed by atoms with Gasteiger partial charge in [-0.1, -0.05) is 17.7 Å². The molecule has 0 heterocycles. The van der Waals surface area contributed by atoms with Gasteiger partial charge in [-0.2, -0.15) is 0 Å². The first-order valence-electron chi connectivity index (χ1n) is 5.81. The molecule has 0 aliphatic carbocycles. The summed E-state index contributed by atoms with van der Waals surface area (Å²) in [7, 11) is 1.65. The number of ether oxygens (including phenoxy) is 2. The van der Waals surface area contributed by atoms with Gasteiger partial charge in [0.15, 0.2) is 0 Å². The van der Waals surface area contributed by atoms with E-state index < -0.39 is 0 Å². The quantitative estimate of drug-likeness (QED) is 0.779. The van der Waals surface area contributed by atoms with Crippen LogP contribution in [0.1, 0.15) is 11.1 Å². The lowest BCUT2D eigenvalue weighted by Gasteiger charge is -2.09. The van der Waals surface area contributed by atoms with Crippen LogP contribution in [0.3, 0.4) is 0 Å². The minimum atomic E-state index is 0.504. The second kappa shape index (κ2) is 6.31. The molecule has 2 aromatic carbocycles. The molecule has 0 radical (unpaired) electrons. The van der Waals surface area contributed by atoms with Gasteiger partial charge in [0.1, 0.15) is 18.1 Å². The van der Waals surface area contributed by atoms with Crippen LogP contribution in [-0.2, 0) is 6.61 Å². The number of methoxy groups -OCH3 is 1. The van der Waals surface area contributed by atoms with E-state index in [9.17, 15) is 0 Å². The van der Waals surface area contributed by atoms with E-state index >= 15 is 0 Å². The highest BCUT2D eigenvalue weighted by atomic mass is 79.9. The molecule has 0 atom stereocenters. The van der Waals surface area contributed by atoms with Gasteiger partial charge in [-0.15, -0.1) is 0 Å².